The topological polar surface area (TPSA) is 86.8 Å². The fraction of sp³-hybridized carbons (Fsp3) is 0.636. The molecule has 7 nitrogen and oxygen atoms in total. The van der Waals surface area contributed by atoms with Crippen LogP contribution in [0.3, 0.4) is 0 Å². The van der Waals surface area contributed by atoms with Crippen molar-refractivity contribution >= 4 is 27.5 Å². The van der Waals surface area contributed by atoms with E-state index in [4.69, 9.17) is 0 Å². The Morgan fingerprint density at radius 1 is 1.16 bits per heavy atom. The van der Waals surface area contributed by atoms with E-state index in [-0.39, 0.29) is 30.8 Å². The molecule has 1 saturated heterocycles. The van der Waals surface area contributed by atoms with Crippen molar-refractivity contribution < 1.29 is 22.4 Å². The van der Waals surface area contributed by atoms with Crippen LogP contribution >= 0.6 is 0 Å². The summed E-state index contributed by atoms with van der Waals surface area (Å²) in [7, 11) is -3.68. The molecule has 1 N–H and O–H groups in total. The van der Waals surface area contributed by atoms with Crippen molar-refractivity contribution in [3.05, 3.63) is 30.1 Å². The van der Waals surface area contributed by atoms with Crippen LogP contribution in [0.4, 0.5) is 10.1 Å². The Morgan fingerprint density at radius 2 is 1.77 bits per heavy atom. The van der Waals surface area contributed by atoms with E-state index >= 15 is 0 Å². The molecule has 1 aliphatic carbocycles. The molecule has 0 spiro atoms. The van der Waals surface area contributed by atoms with E-state index in [0.29, 0.717) is 12.1 Å². The molecule has 172 valence electrons. The zero-order valence-electron chi connectivity index (χ0n) is 18.3. The first-order valence-electron chi connectivity index (χ1n) is 11.0. The maximum atomic E-state index is 13.5. The van der Waals surface area contributed by atoms with Gasteiger partial charge in [-0.1, -0.05) is 32.6 Å². The van der Waals surface area contributed by atoms with Gasteiger partial charge in [0.25, 0.3) is 0 Å². The molecule has 1 saturated carbocycles. The molecule has 31 heavy (non-hydrogen) atoms. The van der Waals surface area contributed by atoms with Gasteiger partial charge < -0.3 is 5.32 Å². The number of anilines is 1. The number of rotatable bonds is 6. The van der Waals surface area contributed by atoms with E-state index in [0.717, 1.165) is 42.8 Å². The molecule has 0 bridgehead atoms. The third kappa shape index (κ3) is 5.26. The van der Waals surface area contributed by atoms with Gasteiger partial charge in [-0.2, -0.15) is 4.31 Å². The highest BCUT2D eigenvalue weighted by Gasteiger charge is 2.51. The highest BCUT2D eigenvalue weighted by molar-refractivity contribution is 7.89. The van der Waals surface area contributed by atoms with Crippen LogP contribution in [0, 0.1) is 5.82 Å². The lowest BCUT2D eigenvalue weighted by molar-refractivity contribution is -0.133. The number of piperazine rings is 1. The quantitative estimate of drug-likeness (QED) is 0.671. The van der Waals surface area contributed by atoms with Gasteiger partial charge >= 0.3 is 0 Å². The summed E-state index contributed by atoms with van der Waals surface area (Å²) in [5, 5.41) is 3.08. The Morgan fingerprint density at radius 3 is 2.35 bits per heavy atom. The first-order valence-corrected chi connectivity index (χ1v) is 12.7. The van der Waals surface area contributed by atoms with Gasteiger partial charge in [0.2, 0.25) is 21.8 Å². The first-order chi connectivity index (χ1) is 14.7. The van der Waals surface area contributed by atoms with E-state index in [2.05, 4.69) is 5.32 Å². The summed E-state index contributed by atoms with van der Waals surface area (Å²) >= 11 is 0. The summed E-state index contributed by atoms with van der Waals surface area (Å²) in [4.78, 5) is 28.0. The molecule has 1 heterocycles. The second-order valence-corrected chi connectivity index (χ2v) is 10.8. The molecule has 1 atom stereocenters. The molecule has 0 aromatic heterocycles. The van der Waals surface area contributed by atoms with Gasteiger partial charge in [0.05, 0.1) is 12.3 Å². The summed E-state index contributed by atoms with van der Waals surface area (Å²) < 4.78 is 40.1. The molecule has 1 aromatic carbocycles. The van der Waals surface area contributed by atoms with Crippen LogP contribution in [0.25, 0.3) is 0 Å². The average Bonchev–Trinajstić information content (AvgIpc) is 2.97. The van der Waals surface area contributed by atoms with Crippen molar-refractivity contribution in [1.82, 2.24) is 9.62 Å². The molecule has 3 rings (SSSR count). The molecule has 2 aliphatic rings. The van der Waals surface area contributed by atoms with Gasteiger partial charge in [-0.15, -0.1) is 0 Å². The maximum Gasteiger partial charge on any atom is 0.247 e. The number of halogens is 1. The summed E-state index contributed by atoms with van der Waals surface area (Å²) in [6.45, 7) is 2.86. The van der Waals surface area contributed by atoms with E-state index in [9.17, 15) is 22.4 Å². The number of nitrogens with zero attached hydrogens (tertiary/aromatic N) is 2. The second-order valence-electron chi connectivity index (χ2n) is 8.73. The predicted octanol–water partition coefficient (Wildman–Crippen LogP) is 2.81. The maximum absolute atomic E-state index is 13.5. The zero-order chi connectivity index (χ0) is 22.6. The number of hydrogen-bond acceptors (Lipinski definition) is 4. The fourth-order valence-corrected chi connectivity index (χ4v) is 6.04. The number of amides is 2. The van der Waals surface area contributed by atoms with Gasteiger partial charge in [-0.25, -0.2) is 12.8 Å². The number of nitrogens with one attached hydrogen (secondary N) is 1. The molecule has 0 radical (unpaired) electrons. The Bertz CT molecular complexity index is 898. The molecular weight excluding hydrogens is 421 g/mol. The number of carbonyl (C=O) groups excluding carboxylic acids is 2. The normalized spacial score (nSPS) is 24.1. The predicted molar refractivity (Wildman–Crippen MR) is 118 cm³/mol. The van der Waals surface area contributed by atoms with Gasteiger partial charge in [-0.3, -0.25) is 14.5 Å². The average molecular weight is 454 g/mol. The SMILES string of the molecule is CCCS(=O)(=O)N1CC(=O)N(c2ccc(F)cc2)[C@](C)(C(=O)NC2CCCCCC2)C1. The lowest BCUT2D eigenvalue weighted by atomic mass is 9.93. The molecule has 9 heteroatoms. The van der Waals surface area contributed by atoms with Crippen LogP contribution in [0.5, 0.6) is 0 Å². The van der Waals surface area contributed by atoms with Gasteiger partial charge in [0.1, 0.15) is 11.4 Å². The van der Waals surface area contributed by atoms with Crippen LogP contribution in [0.1, 0.15) is 58.8 Å². The zero-order valence-corrected chi connectivity index (χ0v) is 19.1. The third-order valence-electron chi connectivity index (χ3n) is 6.16. The summed E-state index contributed by atoms with van der Waals surface area (Å²) in [6.07, 6.45) is 6.46. The van der Waals surface area contributed by atoms with E-state index in [1.807, 2.05) is 0 Å². The van der Waals surface area contributed by atoms with Crippen molar-refractivity contribution in [3.63, 3.8) is 0 Å². The van der Waals surface area contributed by atoms with Gasteiger partial charge in [0.15, 0.2) is 0 Å². The number of sulfonamides is 1. The number of hydrogen-bond donors (Lipinski definition) is 1. The summed E-state index contributed by atoms with van der Waals surface area (Å²) in [5.41, 5.74) is -1.07. The Balaban J connectivity index is 1.95. The van der Waals surface area contributed by atoms with E-state index in [1.54, 1.807) is 13.8 Å². The molecule has 1 aliphatic heterocycles. The summed E-state index contributed by atoms with van der Waals surface area (Å²) in [6, 6.07) is 5.35. The first kappa shape index (κ1) is 23.7. The van der Waals surface area contributed by atoms with Crippen LogP contribution in [-0.2, 0) is 19.6 Å². The minimum Gasteiger partial charge on any atom is -0.351 e. The van der Waals surface area contributed by atoms with Gasteiger partial charge in [0, 0.05) is 18.3 Å². The molecule has 0 unspecified atom stereocenters. The van der Waals surface area contributed by atoms with Gasteiger partial charge in [-0.05, 0) is 50.5 Å². The van der Waals surface area contributed by atoms with Crippen molar-refractivity contribution in [1.29, 1.82) is 0 Å². The van der Waals surface area contributed by atoms with E-state index in [1.165, 1.54) is 29.2 Å². The van der Waals surface area contributed by atoms with Crippen molar-refractivity contribution in [2.75, 3.05) is 23.7 Å². The molecule has 2 amide bonds. The highest BCUT2D eigenvalue weighted by Crippen LogP contribution is 2.31. The van der Waals surface area contributed by atoms with E-state index < -0.39 is 27.3 Å². The lowest BCUT2D eigenvalue weighted by Crippen LogP contribution is -2.71. The Labute approximate surface area is 184 Å². The molecular formula is C22H32FN3O4S. The largest absolute Gasteiger partial charge is 0.351 e. The minimum atomic E-state index is -3.68. The van der Waals surface area contributed by atoms with Crippen LogP contribution < -0.4 is 10.2 Å². The van der Waals surface area contributed by atoms with Crippen LogP contribution in [0.15, 0.2) is 24.3 Å². The van der Waals surface area contributed by atoms with Crippen molar-refractivity contribution in [2.45, 2.75) is 70.4 Å². The molecule has 2 fully saturated rings. The second kappa shape index (κ2) is 9.65. The smallest absolute Gasteiger partial charge is 0.247 e. The molecule has 1 aromatic rings. The van der Waals surface area contributed by atoms with Crippen molar-refractivity contribution in [2.24, 2.45) is 0 Å². The number of carbonyl (C=O) groups is 2. The Hall–Kier alpha value is -2.00. The Kier molecular flexibility index (Phi) is 7.36. The van der Waals surface area contributed by atoms with Crippen LogP contribution in [-0.4, -0.2) is 55.0 Å². The standard InChI is InChI=1S/C22H32FN3O4S/c1-3-14-31(29,30)25-15-20(27)26(19-12-10-17(23)11-13-19)22(2,16-25)21(28)24-18-8-6-4-5-7-9-18/h10-13,18H,3-9,14-16H2,1-2H3,(H,24,28)/t22-/m0/s1. The minimum absolute atomic E-state index is 0.000352. The van der Waals surface area contributed by atoms with Crippen molar-refractivity contribution in [3.8, 4) is 0 Å². The monoisotopic (exact) mass is 453 g/mol. The highest BCUT2D eigenvalue weighted by atomic mass is 32.2. The lowest BCUT2D eigenvalue weighted by Gasteiger charge is -2.47. The third-order valence-corrected chi connectivity index (χ3v) is 8.13. The summed E-state index contributed by atoms with van der Waals surface area (Å²) in [5.74, 6) is -1.42. The number of benzene rings is 1. The fourth-order valence-electron chi connectivity index (χ4n) is 4.51. The van der Waals surface area contributed by atoms with Crippen LogP contribution in [0.2, 0.25) is 0 Å².